The zero-order valence-corrected chi connectivity index (χ0v) is 22.5. The van der Waals surface area contributed by atoms with E-state index in [0.29, 0.717) is 40.9 Å². The number of nitrogens with zero attached hydrogens (tertiary/aromatic N) is 6. The van der Waals surface area contributed by atoms with Gasteiger partial charge in [0.2, 0.25) is 5.95 Å². The van der Waals surface area contributed by atoms with Gasteiger partial charge in [-0.25, -0.2) is 5.48 Å². The van der Waals surface area contributed by atoms with Crippen molar-refractivity contribution >= 4 is 29.2 Å². The molecule has 1 aromatic carbocycles. The third-order valence-electron chi connectivity index (χ3n) is 6.02. The predicted octanol–water partition coefficient (Wildman–Crippen LogP) is 3.32. The van der Waals surface area contributed by atoms with E-state index in [9.17, 15) is 10.1 Å². The first kappa shape index (κ1) is 27.2. The van der Waals surface area contributed by atoms with Crippen LogP contribution in [-0.2, 0) is 4.84 Å². The molecule has 0 aliphatic carbocycles. The summed E-state index contributed by atoms with van der Waals surface area (Å²) in [5.41, 5.74) is 4.90. The number of rotatable bonds is 7. The molecule has 1 fully saturated rings. The van der Waals surface area contributed by atoms with Crippen molar-refractivity contribution in [2.24, 2.45) is 5.41 Å². The van der Waals surface area contributed by atoms with E-state index >= 15 is 0 Å². The van der Waals surface area contributed by atoms with Gasteiger partial charge in [-0.15, -0.1) is 0 Å². The van der Waals surface area contributed by atoms with Gasteiger partial charge in [-0.2, -0.15) is 15.2 Å². The van der Waals surface area contributed by atoms with Crippen LogP contribution < -0.4 is 20.6 Å². The Morgan fingerprint density at radius 2 is 1.97 bits per heavy atom. The van der Waals surface area contributed by atoms with Crippen molar-refractivity contribution in [2.75, 3.05) is 69.0 Å². The second-order valence-electron chi connectivity index (χ2n) is 10.5. The van der Waals surface area contributed by atoms with Gasteiger partial charge in [0.25, 0.3) is 5.91 Å². The molecular formula is C26H38N8O2. The van der Waals surface area contributed by atoms with Gasteiger partial charge >= 0.3 is 0 Å². The molecule has 0 spiro atoms. The molecule has 194 valence electrons. The van der Waals surface area contributed by atoms with Crippen LogP contribution in [0.1, 0.15) is 48.7 Å². The van der Waals surface area contributed by atoms with Crippen LogP contribution in [-0.4, -0.2) is 74.7 Å². The van der Waals surface area contributed by atoms with Gasteiger partial charge in [-0.05, 0) is 50.0 Å². The highest BCUT2D eigenvalue weighted by molar-refractivity contribution is 5.94. The van der Waals surface area contributed by atoms with Crippen LogP contribution in [0.4, 0.5) is 23.3 Å². The molecule has 1 aromatic heterocycles. The Kier molecular flexibility index (Phi) is 8.71. The van der Waals surface area contributed by atoms with Crippen molar-refractivity contribution in [3.05, 3.63) is 34.9 Å². The van der Waals surface area contributed by atoms with E-state index in [0.717, 1.165) is 38.2 Å². The number of likely N-dealkylation sites (N-methyl/N-ethyl adjacent to an activating group) is 1. The number of carbonyl (C=O) groups is 1. The molecule has 1 saturated heterocycles. The third kappa shape index (κ3) is 6.83. The van der Waals surface area contributed by atoms with Crippen LogP contribution in [0.5, 0.6) is 0 Å². The summed E-state index contributed by atoms with van der Waals surface area (Å²) in [5, 5.41) is 13.5. The number of nitrogens with one attached hydrogen (secondary N) is 2. The number of hydrogen-bond acceptors (Lipinski definition) is 9. The number of amides is 1. The molecule has 2 aromatic rings. The van der Waals surface area contributed by atoms with E-state index in [2.05, 4.69) is 54.5 Å². The number of hydrogen-bond donors (Lipinski definition) is 2. The van der Waals surface area contributed by atoms with Crippen molar-refractivity contribution in [3.63, 3.8) is 0 Å². The van der Waals surface area contributed by atoms with Gasteiger partial charge < -0.3 is 20.0 Å². The molecule has 0 radical (unpaired) electrons. The summed E-state index contributed by atoms with van der Waals surface area (Å²) >= 11 is 0. The molecule has 1 aliphatic rings. The molecule has 0 saturated carbocycles. The number of anilines is 4. The lowest BCUT2D eigenvalue weighted by Crippen LogP contribution is -2.33. The molecule has 1 aliphatic heterocycles. The summed E-state index contributed by atoms with van der Waals surface area (Å²) in [6.07, 6.45) is 0.983. The molecule has 10 heteroatoms. The van der Waals surface area contributed by atoms with Crippen molar-refractivity contribution in [2.45, 2.75) is 34.1 Å². The van der Waals surface area contributed by atoms with E-state index in [1.54, 1.807) is 12.1 Å². The fourth-order valence-electron chi connectivity index (χ4n) is 4.31. The quantitative estimate of drug-likeness (QED) is 0.560. The fraction of sp³-hybridized carbons (Fsp3) is 0.538. The Morgan fingerprint density at radius 1 is 1.22 bits per heavy atom. The molecule has 2 N–H and O–H groups in total. The SMILES string of the molecule is CONC(=O)c1ccc(C)c(Nc2nc(N(C)CC(C)(C)C)c(C#N)c(N3CCCN(C)CC3)n2)c1. The van der Waals surface area contributed by atoms with Gasteiger partial charge in [-0.3, -0.25) is 9.63 Å². The highest BCUT2D eigenvalue weighted by Crippen LogP contribution is 2.31. The maximum absolute atomic E-state index is 12.3. The van der Waals surface area contributed by atoms with Crippen LogP contribution in [0.3, 0.4) is 0 Å². The molecule has 36 heavy (non-hydrogen) atoms. The maximum Gasteiger partial charge on any atom is 0.274 e. The summed E-state index contributed by atoms with van der Waals surface area (Å²) in [5.74, 6) is 1.25. The van der Waals surface area contributed by atoms with Crippen molar-refractivity contribution in [1.82, 2.24) is 20.3 Å². The Bertz CT molecular complexity index is 1120. The van der Waals surface area contributed by atoms with Crippen molar-refractivity contribution < 1.29 is 9.63 Å². The average Bonchev–Trinajstić information content (AvgIpc) is 3.03. The van der Waals surface area contributed by atoms with E-state index in [-0.39, 0.29) is 11.3 Å². The second kappa shape index (κ2) is 11.5. The first-order valence-electron chi connectivity index (χ1n) is 12.2. The third-order valence-corrected chi connectivity index (χ3v) is 6.02. The minimum atomic E-state index is -0.346. The summed E-state index contributed by atoms with van der Waals surface area (Å²) in [4.78, 5) is 33.2. The number of nitriles is 1. The van der Waals surface area contributed by atoms with Gasteiger partial charge in [0.15, 0.2) is 11.6 Å². The Hall–Kier alpha value is -3.42. The summed E-state index contributed by atoms with van der Waals surface area (Å²) in [7, 11) is 5.46. The Balaban J connectivity index is 2.08. The van der Waals surface area contributed by atoms with Crippen LogP contribution in [0.2, 0.25) is 0 Å². The average molecular weight is 495 g/mol. The standard InChI is InChI=1S/C26H38N8O2/c1-18-9-10-19(24(35)31-36-7)15-21(18)28-25-29-22(33(6)17-26(2,3)4)20(16-27)23(30-25)34-12-8-11-32(5)13-14-34/h9-10,15H,8,11-14,17H2,1-7H3,(H,31,35)(H,28,29,30). The maximum atomic E-state index is 12.3. The molecule has 0 unspecified atom stereocenters. The minimum absolute atomic E-state index is 0.00509. The molecule has 2 heterocycles. The first-order valence-corrected chi connectivity index (χ1v) is 12.2. The van der Waals surface area contributed by atoms with Crippen LogP contribution >= 0.6 is 0 Å². The van der Waals surface area contributed by atoms with E-state index in [1.165, 1.54) is 7.11 Å². The van der Waals surface area contributed by atoms with Gasteiger partial charge in [0.05, 0.1) is 7.11 Å². The van der Waals surface area contributed by atoms with Gasteiger partial charge in [-0.1, -0.05) is 26.8 Å². The molecule has 0 atom stereocenters. The lowest BCUT2D eigenvalue weighted by molar-refractivity contribution is 0.0537. The normalized spacial score (nSPS) is 14.7. The number of benzene rings is 1. The summed E-state index contributed by atoms with van der Waals surface area (Å²) in [6.45, 7) is 12.6. The summed E-state index contributed by atoms with van der Waals surface area (Å²) < 4.78 is 0. The fourth-order valence-corrected chi connectivity index (χ4v) is 4.31. The van der Waals surface area contributed by atoms with E-state index in [1.807, 2.05) is 24.9 Å². The topological polar surface area (TPSA) is 110 Å². The highest BCUT2D eigenvalue weighted by atomic mass is 16.6. The molecule has 1 amide bonds. The smallest absolute Gasteiger partial charge is 0.274 e. The molecule has 0 bridgehead atoms. The zero-order chi connectivity index (χ0) is 26.5. The van der Waals surface area contributed by atoms with E-state index < -0.39 is 0 Å². The van der Waals surface area contributed by atoms with Crippen molar-refractivity contribution in [1.29, 1.82) is 5.26 Å². The van der Waals surface area contributed by atoms with Crippen molar-refractivity contribution in [3.8, 4) is 6.07 Å². The van der Waals surface area contributed by atoms with Crippen LogP contribution in [0.25, 0.3) is 0 Å². The second-order valence-corrected chi connectivity index (χ2v) is 10.5. The van der Waals surface area contributed by atoms with Gasteiger partial charge in [0.1, 0.15) is 11.6 Å². The van der Waals surface area contributed by atoms with Gasteiger partial charge in [0, 0.05) is 44.5 Å². The predicted molar refractivity (Wildman–Crippen MR) is 143 cm³/mol. The number of aryl methyl sites for hydroxylation is 1. The monoisotopic (exact) mass is 494 g/mol. The Labute approximate surface area is 214 Å². The number of hydroxylamine groups is 1. The summed E-state index contributed by atoms with van der Waals surface area (Å²) in [6, 6.07) is 7.71. The lowest BCUT2D eigenvalue weighted by atomic mass is 9.96. The molecule has 3 rings (SSSR count). The van der Waals surface area contributed by atoms with E-state index in [4.69, 9.17) is 14.8 Å². The first-order chi connectivity index (χ1) is 17.0. The van der Waals surface area contributed by atoms with Crippen LogP contribution in [0, 0.1) is 23.7 Å². The molecule has 10 nitrogen and oxygen atoms in total. The highest BCUT2D eigenvalue weighted by Gasteiger charge is 2.25. The Morgan fingerprint density at radius 3 is 2.64 bits per heavy atom. The minimum Gasteiger partial charge on any atom is -0.358 e. The number of carbonyl (C=O) groups excluding carboxylic acids is 1. The molecular weight excluding hydrogens is 456 g/mol. The van der Waals surface area contributed by atoms with Crippen LogP contribution in [0.15, 0.2) is 18.2 Å². The number of aromatic nitrogens is 2. The largest absolute Gasteiger partial charge is 0.358 e. The lowest BCUT2D eigenvalue weighted by Gasteiger charge is -2.30. The zero-order valence-electron chi connectivity index (χ0n) is 22.5.